The van der Waals surface area contributed by atoms with Gasteiger partial charge in [-0.25, -0.2) is 4.39 Å². The summed E-state index contributed by atoms with van der Waals surface area (Å²) >= 11 is 5.93. The molecule has 1 aromatic carbocycles. The van der Waals surface area contributed by atoms with Gasteiger partial charge in [-0.1, -0.05) is 17.7 Å². The van der Waals surface area contributed by atoms with Gasteiger partial charge in [0.05, 0.1) is 5.02 Å². The Morgan fingerprint density at radius 2 is 2.05 bits per heavy atom. The number of nitrogens with one attached hydrogen (secondary N) is 1. The Bertz CT molecular complexity index is 542. The Balaban J connectivity index is 1.83. The molecule has 1 aliphatic carbocycles. The first-order chi connectivity index (χ1) is 9.80. The summed E-state index contributed by atoms with van der Waals surface area (Å²) in [6, 6.07) is 5.09. The van der Waals surface area contributed by atoms with E-state index in [-0.39, 0.29) is 21.9 Å². The number of hydrogen-bond donors (Lipinski definition) is 1. The van der Waals surface area contributed by atoms with Crippen molar-refractivity contribution in [2.45, 2.75) is 51.2 Å². The number of halogens is 2. The lowest BCUT2D eigenvalue weighted by Gasteiger charge is -2.52. The Kier molecular flexibility index (Phi) is 3.79. The molecule has 116 valence electrons. The van der Waals surface area contributed by atoms with Crippen molar-refractivity contribution in [1.82, 2.24) is 10.2 Å². The van der Waals surface area contributed by atoms with Crippen LogP contribution in [0.5, 0.6) is 0 Å². The summed E-state index contributed by atoms with van der Waals surface area (Å²) in [5.74, 6) is 0.433. The van der Waals surface area contributed by atoms with Crippen molar-refractivity contribution in [2.24, 2.45) is 5.92 Å². The summed E-state index contributed by atoms with van der Waals surface area (Å²) in [6.07, 6.45) is 2.64. The predicted molar refractivity (Wildman–Crippen MR) is 85.0 cm³/mol. The smallest absolute Gasteiger partial charge is 0.141 e. The van der Waals surface area contributed by atoms with Gasteiger partial charge in [-0.3, -0.25) is 4.90 Å². The van der Waals surface area contributed by atoms with Gasteiger partial charge in [-0.05, 0) is 57.2 Å². The third kappa shape index (κ3) is 3.10. The van der Waals surface area contributed by atoms with E-state index in [0.29, 0.717) is 0 Å². The average molecular weight is 311 g/mol. The van der Waals surface area contributed by atoms with Crippen LogP contribution in [0.1, 0.15) is 39.2 Å². The van der Waals surface area contributed by atoms with Gasteiger partial charge in [-0.2, -0.15) is 0 Å². The molecule has 0 aromatic heterocycles. The lowest BCUT2D eigenvalue weighted by molar-refractivity contribution is 0.00519. The van der Waals surface area contributed by atoms with E-state index in [4.69, 9.17) is 11.6 Å². The maximum atomic E-state index is 13.3. The highest BCUT2D eigenvalue weighted by atomic mass is 35.5. The number of benzene rings is 1. The highest BCUT2D eigenvalue weighted by Gasteiger charge is 2.49. The van der Waals surface area contributed by atoms with E-state index < -0.39 is 0 Å². The minimum Gasteiger partial charge on any atom is -0.309 e. The molecule has 3 rings (SSSR count). The van der Waals surface area contributed by atoms with Gasteiger partial charge in [0.25, 0.3) is 0 Å². The predicted octanol–water partition coefficient (Wildman–Crippen LogP) is 3.83. The average Bonchev–Trinajstić information content (AvgIpc) is 3.23. The maximum Gasteiger partial charge on any atom is 0.141 e. The van der Waals surface area contributed by atoms with Crippen LogP contribution in [0.15, 0.2) is 18.2 Å². The molecule has 0 spiro atoms. The lowest BCUT2D eigenvalue weighted by Crippen LogP contribution is -2.67. The molecule has 2 aliphatic rings. The highest BCUT2D eigenvalue weighted by Crippen LogP contribution is 2.45. The molecule has 2 nitrogen and oxygen atoms in total. The molecule has 4 heteroatoms. The van der Waals surface area contributed by atoms with Crippen molar-refractivity contribution in [1.29, 1.82) is 0 Å². The standard InChI is InChI=1S/C17H24ClFN2/c1-16(2)11-21(17(3,10-20-16)13-5-6-13)9-12-4-7-15(19)14(18)8-12/h4,7-8,13,20H,5-6,9-11H2,1-3H3. The van der Waals surface area contributed by atoms with Crippen LogP contribution in [-0.2, 0) is 6.54 Å². The van der Waals surface area contributed by atoms with E-state index in [9.17, 15) is 4.39 Å². The summed E-state index contributed by atoms with van der Waals surface area (Å²) in [7, 11) is 0. The monoisotopic (exact) mass is 310 g/mol. The fraction of sp³-hybridized carbons (Fsp3) is 0.647. The van der Waals surface area contributed by atoms with Crippen molar-refractivity contribution in [3.8, 4) is 0 Å². The van der Waals surface area contributed by atoms with Gasteiger partial charge in [-0.15, -0.1) is 0 Å². The lowest BCUT2D eigenvalue weighted by atomic mass is 9.85. The van der Waals surface area contributed by atoms with Gasteiger partial charge >= 0.3 is 0 Å². The van der Waals surface area contributed by atoms with Crippen LogP contribution in [0, 0.1) is 11.7 Å². The summed E-state index contributed by atoms with van der Waals surface area (Å²) in [5.41, 5.74) is 1.39. The second-order valence-electron chi connectivity index (χ2n) is 7.47. The Labute approximate surface area is 131 Å². The number of piperazine rings is 1. The third-order valence-electron chi connectivity index (χ3n) is 5.05. The van der Waals surface area contributed by atoms with Crippen LogP contribution >= 0.6 is 11.6 Å². The van der Waals surface area contributed by atoms with Crippen molar-refractivity contribution in [3.63, 3.8) is 0 Å². The Morgan fingerprint density at radius 3 is 2.67 bits per heavy atom. The summed E-state index contributed by atoms with van der Waals surface area (Å²) in [4.78, 5) is 2.56. The summed E-state index contributed by atoms with van der Waals surface area (Å²) in [6.45, 7) is 9.68. The molecule has 21 heavy (non-hydrogen) atoms. The largest absolute Gasteiger partial charge is 0.309 e. The Morgan fingerprint density at radius 1 is 1.33 bits per heavy atom. The fourth-order valence-corrected chi connectivity index (χ4v) is 3.65. The number of hydrogen-bond acceptors (Lipinski definition) is 2. The van der Waals surface area contributed by atoms with Gasteiger partial charge in [0.1, 0.15) is 5.82 Å². The van der Waals surface area contributed by atoms with E-state index in [1.807, 2.05) is 6.07 Å². The fourth-order valence-electron chi connectivity index (χ4n) is 3.45. The number of rotatable bonds is 3. The van der Waals surface area contributed by atoms with Crippen molar-refractivity contribution >= 4 is 11.6 Å². The second kappa shape index (κ2) is 5.22. The van der Waals surface area contributed by atoms with Gasteiger partial charge in [0, 0.05) is 30.7 Å². The SMILES string of the molecule is CC1(C)CN(Cc2ccc(F)c(Cl)c2)C(C)(C2CC2)CN1. The van der Waals surface area contributed by atoms with E-state index in [1.165, 1.54) is 18.9 Å². The van der Waals surface area contributed by atoms with Crippen LogP contribution in [0.25, 0.3) is 0 Å². The molecule has 1 heterocycles. The molecule has 1 saturated carbocycles. The molecular formula is C17H24ClFN2. The maximum absolute atomic E-state index is 13.3. The Hall–Kier alpha value is -0.640. The van der Waals surface area contributed by atoms with E-state index in [2.05, 4.69) is 31.0 Å². The molecule has 1 atom stereocenters. The molecular weight excluding hydrogens is 287 g/mol. The first kappa shape index (κ1) is 15.3. The zero-order valence-corrected chi connectivity index (χ0v) is 13.8. The minimum absolute atomic E-state index is 0.109. The zero-order valence-electron chi connectivity index (χ0n) is 13.0. The van der Waals surface area contributed by atoms with Crippen LogP contribution < -0.4 is 5.32 Å². The minimum atomic E-state index is -0.342. The van der Waals surface area contributed by atoms with Gasteiger partial charge in [0.2, 0.25) is 0 Å². The zero-order chi connectivity index (χ0) is 15.3. The molecule has 1 unspecified atom stereocenters. The molecule has 1 aliphatic heterocycles. The number of nitrogens with zero attached hydrogens (tertiary/aromatic N) is 1. The molecule has 2 fully saturated rings. The van der Waals surface area contributed by atoms with E-state index in [0.717, 1.165) is 31.1 Å². The summed E-state index contributed by atoms with van der Waals surface area (Å²) < 4.78 is 13.3. The second-order valence-corrected chi connectivity index (χ2v) is 7.88. The van der Waals surface area contributed by atoms with Gasteiger partial charge < -0.3 is 5.32 Å². The third-order valence-corrected chi connectivity index (χ3v) is 5.34. The quantitative estimate of drug-likeness (QED) is 0.912. The molecule has 1 N–H and O–H groups in total. The summed E-state index contributed by atoms with van der Waals surface area (Å²) in [5, 5.41) is 3.90. The van der Waals surface area contributed by atoms with Crippen LogP contribution in [-0.4, -0.2) is 29.1 Å². The van der Waals surface area contributed by atoms with E-state index >= 15 is 0 Å². The van der Waals surface area contributed by atoms with Gasteiger partial charge in [0.15, 0.2) is 0 Å². The van der Waals surface area contributed by atoms with Crippen LogP contribution in [0.2, 0.25) is 5.02 Å². The van der Waals surface area contributed by atoms with Crippen LogP contribution in [0.4, 0.5) is 4.39 Å². The highest BCUT2D eigenvalue weighted by molar-refractivity contribution is 6.30. The first-order valence-electron chi connectivity index (χ1n) is 7.74. The van der Waals surface area contributed by atoms with Crippen molar-refractivity contribution < 1.29 is 4.39 Å². The molecule has 1 aromatic rings. The molecule has 0 amide bonds. The van der Waals surface area contributed by atoms with Crippen molar-refractivity contribution in [3.05, 3.63) is 34.6 Å². The molecule has 0 radical (unpaired) electrons. The molecule has 1 saturated heterocycles. The van der Waals surface area contributed by atoms with Crippen LogP contribution in [0.3, 0.4) is 0 Å². The molecule has 0 bridgehead atoms. The van der Waals surface area contributed by atoms with Crippen molar-refractivity contribution in [2.75, 3.05) is 13.1 Å². The van der Waals surface area contributed by atoms with E-state index in [1.54, 1.807) is 6.07 Å². The first-order valence-corrected chi connectivity index (χ1v) is 8.12. The topological polar surface area (TPSA) is 15.3 Å². The normalized spacial score (nSPS) is 29.6.